The molecule has 0 bridgehead atoms. The van der Waals surface area contributed by atoms with Crippen LogP contribution in [0.25, 0.3) is 0 Å². The van der Waals surface area contributed by atoms with Gasteiger partial charge in [0, 0.05) is 25.2 Å². The highest BCUT2D eigenvalue weighted by molar-refractivity contribution is 5.82. The van der Waals surface area contributed by atoms with Gasteiger partial charge < -0.3 is 19.5 Å². The molecule has 1 aromatic carbocycles. The van der Waals surface area contributed by atoms with Crippen molar-refractivity contribution >= 4 is 17.6 Å². The first kappa shape index (κ1) is 18.0. The van der Waals surface area contributed by atoms with Crippen LogP contribution in [0.15, 0.2) is 18.2 Å². The Labute approximate surface area is 149 Å². The Hall–Kier alpha value is -2.84. The Morgan fingerprint density at radius 1 is 1.46 bits per heavy atom. The molecule has 1 heterocycles. The van der Waals surface area contributed by atoms with E-state index in [9.17, 15) is 24.8 Å². The van der Waals surface area contributed by atoms with E-state index in [4.69, 9.17) is 9.47 Å². The van der Waals surface area contributed by atoms with E-state index in [0.717, 1.165) is 12.8 Å². The van der Waals surface area contributed by atoms with Crippen molar-refractivity contribution in [2.24, 2.45) is 11.3 Å². The minimum Gasteiger partial charge on any atom is -0.490 e. The average molecular weight is 364 g/mol. The lowest BCUT2D eigenvalue weighted by Gasteiger charge is -2.23. The van der Waals surface area contributed by atoms with Crippen LogP contribution in [0.3, 0.4) is 0 Å². The van der Waals surface area contributed by atoms with E-state index in [2.05, 4.69) is 0 Å². The van der Waals surface area contributed by atoms with Crippen LogP contribution in [-0.4, -0.2) is 53.6 Å². The second kappa shape index (κ2) is 6.81. The molecule has 2 atom stereocenters. The number of hydrogen-bond acceptors (Lipinski definition) is 6. The van der Waals surface area contributed by atoms with Gasteiger partial charge in [-0.25, -0.2) is 0 Å². The Balaban J connectivity index is 1.63. The van der Waals surface area contributed by atoms with Crippen LogP contribution in [0.1, 0.15) is 19.3 Å². The second-order valence-electron chi connectivity index (χ2n) is 6.70. The van der Waals surface area contributed by atoms with Gasteiger partial charge in [0.1, 0.15) is 5.75 Å². The van der Waals surface area contributed by atoms with Crippen molar-refractivity contribution in [1.82, 2.24) is 4.90 Å². The number of nitro groups is 1. The molecule has 3 rings (SSSR count). The summed E-state index contributed by atoms with van der Waals surface area (Å²) in [5, 5.41) is 20.5. The van der Waals surface area contributed by atoms with Crippen molar-refractivity contribution in [2.45, 2.75) is 19.3 Å². The molecule has 2 aliphatic rings. The van der Waals surface area contributed by atoms with E-state index < -0.39 is 16.3 Å². The van der Waals surface area contributed by atoms with Gasteiger partial charge in [-0.1, -0.05) is 6.42 Å². The van der Waals surface area contributed by atoms with Crippen molar-refractivity contribution in [3.8, 4) is 11.5 Å². The van der Waals surface area contributed by atoms with Crippen molar-refractivity contribution in [2.75, 3.05) is 26.8 Å². The number of carboxylic acids is 1. The summed E-state index contributed by atoms with van der Waals surface area (Å²) in [5.74, 6) is -0.828. The molecule has 2 fully saturated rings. The number of amides is 1. The molecule has 0 aromatic heterocycles. The van der Waals surface area contributed by atoms with Gasteiger partial charge in [0.15, 0.2) is 6.61 Å². The quantitative estimate of drug-likeness (QED) is 0.602. The number of rotatable bonds is 6. The molecular weight excluding hydrogens is 344 g/mol. The maximum Gasteiger partial charge on any atom is 0.311 e. The molecule has 1 N–H and O–H groups in total. The van der Waals surface area contributed by atoms with Gasteiger partial charge in [-0.2, -0.15) is 0 Å². The lowest BCUT2D eigenvalue weighted by Crippen LogP contribution is -2.38. The third-order valence-corrected chi connectivity index (χ3v) is 5.36. The SMILES string of the molecule is COc1cc(OCC(=O)N2C[C@@H]3CCC[C@@]3(C(=O)O)C2)ccc1[N+](=O)[O-]. The number of methoxy groups -OCH3 is 1. The number of carboxylic acid groups (broad SMARTS) is 1. The summed E-state index contributed by atoms with van der Waals surface area (Å²) in [6.07, 6.45) is 2.28. The van der Waals surface area contributed by atoms with Gasteiger partial charge in [0.2, 0.25) is 5.75 Å². The van der Waals surface area contributed by atoms with E-state index in [1.807, 2.05) is 0 Å². The zero-order valence-corrected chi connectivity index (χ0v) is 14.3. The van der Waals surface area contributed by atoms with E-state index in [1.165, 1.54) is 25.3 Å². The van der Waals surface area contributed by atoms with Crippen LogP contribution >= 0.6 is 0 Å². The molecule has 26 heavy (non-hydrogen) atoms. The number of nitrogens with zero attached hydrogens (tertiary/aromatic N) is 2. The summed E-state index contributed by atoms with van der Waals surface area (Å²) in [7, 11) is 1.31. The topological polar surface area (TPSA) is 119 Å². The smallest absolute Gasteiger partial charge is 0.311 e. The highest BCUT2D eigenvalue weighted by atomic mass is 16.6. The van der Waals surface area contributed by atoms with Crippen molar-refractivity contribution in [3.63, 3.8) is 0 Å². The largest absolute Gasteiger partial charge is 0.490 e. The molecule has 140 valence electrons. The molecule has 1 aliphatic carbocycles. The van der Waals surface area contributed by atoms with Gasteiger partial charge in [-0.3, -0.25) is 19.7 Å². The van der Waals surface area contributed by atoms with E-state index in [1.54, 1.807) is 4.90 Å². The summed E-state index contributed by atoms with van der Waals surface area (Å²) in [6.45, 7) is 0.375. The van der Waals surface area contributed by atoms with Crippen molar-refractivity contribution in [1.29, 1.82) is 0 Å². The molecule has 1 amide bonds. The summed E-state index contributed by atoms with van der Waals surface area (Å²) < 4.78 is 10.4. The molecule has 0 spiro atoms. The number of ether oxygens (including phenoxy) is 2. The van der Waals surface area contributed by atoms with E-state index in [0.29, 0.717) is 13.0 Å². The highest BCUT2D eigenvalue weighted by Crippen LogP contribution is 2.48. The predicted octanol–water partition coefficient (Wildman–Crippen LogP) is 1.70. The first-order valence-corrected chi connectivity index (χ1v) is 8.34. The number of likely N-dealkylation sites (tertiary alicyclic amines) is 1. The molecule has 9 heteroatoms. The number of hydrogen-bond donors (Lipinski definition) is 1. The third-order valence-electron chi connectivity index (χ3n) is 5.36. The predicted molar refractivity (Wildman–Crippen MR) is 89.1 cm³/mol. The normalized spacial score (nSPS) is 24.2. The maximum atomic E-state index is 12.4. The first-order chi connectivity index (χ1) is 12.4. The lowest BCUT2D eigenvalue weighted by molar-refractivity contribution is -0.385. The molecular formula is C17H20N2O7. The van der Waals surface area contributed by atoms with Crippen LogP contribution < -0.4 is 9.47 Å². The fourth-order valence-corrected chi connectivity index (χ4v) is 3.96. The van der Waals surface area contributed by atoms with Crippen LogP contribution in [0.2, 0.25) is 0 Å². The summed E-state index contributed by atoms with van der Waals surface area (Å²) in [4.78, 5) is 35.9. The minimum absolute atomic E-state index is 0.0107. The van der Waals surface area contributed by atoms with Crippen LogP contribution in [0, 0.1) is 21.4 Å². The average Bonchev–Trinajstić information content (AvgIpc) is 3.17. The van der Waals surface area contributed by atoms with Crippen LogP contribution in [0.4, 0.5) is 5.69 Å². The maximum absolute atomic E-state index is 12.4. The second-order valence-corrected chi connectivity index (χ2v) is 6.70. The number of carbonyl (C=O) groups is 2. The monoisotopic (exact) mass is 364 g/mol. The van der Waals surface area contributed by atoms with E-state index in [-0.39, 0.29) is 42.2 Å². The van der Waals surface area contributed by atoms with E-state index >= 15 is 0 Å². The Kier molecular flexibility index (Phi) is 4.71. The third kappa shape index (κ3) is 3.04. The molecule has 9 nitrogen and oxygen atoms in total. The van der Waals surface area contributed by atoms with Crippen LogP contribution in [-0.2, 0) is 9.59 Å². The number of carbonyl (C=O) groups excluding carboxylic acids is 1. The zero-order valence-electron chi connectivity index (χ0n) is 14.3. The summed E-state index contributed by atoms with van der Waals surface area (Å²) in [5.41, 5.74) is -1.02. The highest BCUT2D eigenvalue weighted by Gasteiger charge is 2.55. The van der Waals surface area contributed by atoms with Gasteiger partial charge in [-0.05, 0) is 24.8 Å². The van der Waals surface area contributed by atoms with Gasteiger partial charge in [0.05, 0.1) is 17.4 Å². The first-order valence-electron chi connectivity index (χ1n) is 8.34. The molecule has 1 aliphatic heterocycles. The Bertz CT molecular complexity index is 751. The number of benzene rings is 1. The Morgan fingerprint density at radius 2 is 2.23 bits per heavy atom. The molecule has 0 unspecified atom stereocenters. The Morgan fingerprint density at radius 3 is 2.85 bits per heavy atom. The van der Waals surface area contributed by atoms with Gasteiger partial charge in [0.25, 0.3) is 5.91 Å². The molecule has 1 aromatic rings. The summed E-state index contributed by atoms with van der Waals surface area (Å²) in [6, 6.07) is 3.99. The van der Waals surface area contributed by atoms with Gasteiger partial charge in [-0.15, -0.1) is 0 Å². The fraction of sp³-hybridized carbons (Fsp3) is 0.529. The van der Waals surface area contributed by atoms with Crippen molar-refractivity contribution in [3.05, 3.63) is 28.3 Å². The minimum atomic E-state index is -0.837. The zero-order chi connectivity index (χ0) is 18.9. The molecule has 1 saturated carbocycles. The van der Waals surface area contributed by atoms with Crippen LogP contribution in [0.5, 0.6) is 11.5 Å². The standard InChI is InChI=1S/C17H20N2O7/c1-25-14-7-12(4-5-13(14)19(23)24)26-9-15(20)18-8-11-3-2-6-17(11,10-18)16(21)22/h4-5,7,11H,2-3,6,8-10H2,1H3,(H,21,22)/t11-,17+/m0/s1. The van der Waals surface area contributed by atoms with Crippen molar-refractivity contribution < 1.29 is 29.1 Å². The summed E-state index contributed by atoms with van der Waals surface area (Å²) >= 11 is 0. The molecule has 1 saturated heterocycles. The number of aliphatic carboxylic acids is 1. The fourth-order valence-electron chi connectivity index (χ4n) is 3.96. The van der Waals surface area contributed by atoms with Gasteiger partial charge >= 0.3 is 11.7 Å². The molecule has 0 radical (unpaired) electrons. The number of nitro benzene ring substituents is 1. The lowest BCUT2D eigenvalue weighted by atomic mass is 9.81. The number of fused-ring (bicyclic) bond motifs is 1.